The van der Waals surface area contributed by atoms with Gasteiger partial charge in [-0.1, -0.05) is 60.7 Å². The van der Waals surface area contributed by atoms with Gasteiger partial charge < -0.3 is 4.90 Å². The Morgan fingerprint density at radius 3 is 2.31 bits per heavy atom. The highest BCUT2D eigenvalue weighted by molar-refractivity contribution is 5.97. The second-order valence-corrected chi connectivity index (χ2v) is 10.3. The third-order valence-electron chi connectivity index (χ3n) is 8.55. The van der Waals surface area contributed by atoms with E-state index in [1.807, 2.05) is 6.20 Å². The Morgan fingerprint density at radius 1 is 0.543 bits per heavy atom. The summed E-state index contributed by atoms with van der Waals surface area (Å²) in [6, 6.07) is 29.5. The first-order valence-corrected chi connectivity index (χ1v) is 12.6. The van der Waals surface area contributed by atoms with E-state index >= 15 is 0 Å². The van der Waals surface area contributed by atoms with Crippen LogP contribution in [0.25, 0.3) is 22.3 Å². The molecule has 0 bridgehead atoms. The Hall–Kier alpha value is -4.17. The normalized spacial score (nSPS) is 14.9. The summed E-state index contributed by atoms with van der Waals surface area (Å²) in [6.07, 6.45) is 5.92. The zero-order valence-corrected chi connectivity index (χ0v) is 19.3. The zero-order chi connectivity index (χ0) is 22.7. The molecule has 0 radical (unpaired) electrons. The molecule has 164 valence electrons. The van der Waals surface area contributed by atoms with Gasteiger partial charge in [0.15, 0.2) is 0 Å². The number of pyridine rings is 1. The number of rotatable bonds is 0. The first kappa shape index (κ1) is 18.2. The van der Waals surface area contributed by atoms with Gasteiger partial charge in [-0.2, -0.15) is 0 Å². The first-order valence-electron chi connectivity index (χ1n) is 12.6. The molecule has 0 N–H and O–H groups in total. The summed E-state index contributed by atoms with van der Waals surface area (Å²) in [6.45, 7) is 0. The van der Waals surface area contributed by atoms with Crippen LogP contribution >= 0.6 is 0 Å². The van der Waals surface area contributed by atoms with E-state index in [4.69, 9.17) is 4.98 Å². The van der Waals surface area contributed by atoms with Crippen molar-refractivity contribution in [3.63, 3.8) is 0 Å². The van der Waals surface area contributed by atoms with E-state index in [1.165, 1.54) is 84.0 Å². The van der Waals surface area contributed by atoms with Gasteiger partial charge in [-0.05, 0) is 92.2 Å². The molecule has 3 heterocycles. The van der Waals surface area contributed by atoms with Crippen molar-refractivity contribution in [1.82, 2.24) is 4.98 Å². The third kappa shape index (κ3) is 2.23. The molecule has 0 saturated carbocycles. The molecule has 0 atom stereocenters. The molecule has 4 aromatic carbocycles. The Kier molecular flexibility index (Phi) is 3.27. The topological polar surface area (TPSA) is 16.1 Å². The number of para-hydroxylation sites is 1. The summed E-state index contributed by atoms with van der Waals surface area (Å²) in [4.78, 5) is 7.37. The maximum Gasteiger partial charge on any atom is 0.0688 e. The van der Waals surface area contributed by atoms with Crippen molar-refractivity contribution < 1.29 is 0 Å². The number of nitrogens with zero attached hydrogens (tertiary/aromatic N) is 2. The van der Waals surface area contributed by atoms with Crippen LogP contribution in [0, 0.1) is 0 Å². The first-order chi connectivity index (χ1) is 17.3. The van der Waals surface area contributed by atoms with Crippen molar-refractivity contribution in [2.45, 2.75) is 25.7 Å². The minimum Gasteiger partial charge on any atom is -0.308 e. The van der Waals surface area contributed by atoms with Gasteiger partial charge in [-0.25, -0.2) is 0 Å². The molecule has 2 aliphatic heterocycles. The lowest BCUT2D eigenvalue weighted by Gasteiger charge is -2.40. The molecule has 0 spiro atoms. The summed E-state index contributed by atoms with van der Waals surface area (Å²) in [7, 11) is 0. The van der Waals surface area contributed by atoms with Crippen molar-refractivity contribution in [2.24, 2.45) is 0 Å². The Bertz CT molecular complexity index is 1750. The van der Waals surface area contributed by atoms with Gasteiger partial charge in [0, 0.05) is 24.7 Å². The smallest absolute Gasteiger partial charge is 0.0688 e. The molecule has 0 amide bonds. The number of hydrogen-bond acceptors (Lipinski definition) is 2. The predicted molar refractivity (Wildman–Crippen MR) is 141 cm³/mol. The molecular weight excluding hydrogens is 424 g/mol. The van der Waals surface area contributed by atoms with Crippen LogP contribution in [0.1, 0.15) is 44.6 Å². The highest BCUT2D eigenvalue weighted by atomic mass is 15.2. The van der Waals surface area contributed by atoms with Crippen LogP contribution in [-0.4, -0.2) is 4.98 Å². The van der Waals surface area contributed by atoms with Gasteiger partial charge in [0.05, 0.1) is 17.1 Å². The second-order valence-electron chi connectivity index (χ2n) is 10.3. The van der Waals surface area contributed by atoms with E-state index in [0.29, 0.717) is 0 Å². The highest BCUT2D eigenvalue weighted by Gasteiger charge is 2.37. The monoisotopic (exact) mass is 446 g/mol. The lowest BCUT2D eigenvalue weighted by atomic mass is 9.83. The van der Waals surface area contributed by atoms with Crippen molar-refractivity contribution >= 4 is 17.1 Å². The number of fused-ring (bicyclic) bond motifs is 12. The third-order valence-corrected chi connectivity index (χ3v) is 8.55. The molecule has 2 nitrogen and oxygen atoms in total. The Labute approximate surface area is 204 Å². The molecule has 2 aliphatic carbocycles. The molecule has 2 heteroatoms. The lowest BCUT2D eigenvalue weighted by molar-refractivity contribution is 0.969. The molecule has 35 heavy (non-hydrogen) atoms. The van der Waals surface area contributed by atoms with Crippen LogP contribution in [0.3, 0.4) is 0 Å². The summed E-state index contributed by atoms with van der Waals surface area (Å²) in [5.74, 6) is 0. The zero-order valence-electron chi connectivity index (χ0n) is 19.3. The average molecular weight is 447 g/mol. The van der Waals surface area contributed by atoms with Crippen LogP contribution in [0.15, 0.2) is 85.1 Å². The Balaban J connectivity index is 1.34. The standard InChI is InChI=1S/C33H22N2/c1-3-8-24-19(6-1)14-21-11-12-25-26(31(21)24)17-22-16-23-15-20-7-2-4-9-29(20)35-30-10-5-13-34-28(30)18-27(32(22)25)33(23)35/h1-13,16H,14-15,17-18H2. The van der Waals surface area contributed by atoms with E-state index < -0.39 is 0 Å². The van der Waals surface area contributed by atoms with E-state index in [2.05, 4.69) is 83.8 Å². The minimum absolute atomic E-state index is 0.896. The summed E-state index contributed by atoms with van der Waals surface area (Å²) < 4.78 is 0. The average Bonchev–Trinajstić information content (AvgIpc) is 3.46. The lowest BCUT2D eigenvalue weighted by Crippen LogP contribution is -2.25. The fourth-order valence-electron chi connectivity index (χ4n) is 7.22. The highest BCUT2D eigenvalue weighted by Crippen LogP contribution is 2.56. The molecule has 0 unspecified atom stereocenters. The maximum absolute atomic E-state index is 4.87. The fraction of sp³-hybridized carbons (Fsp3) is 0.121. The van der Waals surface area contributed by atoms with Crippen LogP contribution in [0.2, 0.25) is 0 Å². The van der Waals surface area contributed by atoms with Gasteiger partial charge >= 0.3 is 0 Å². The molecule has 1 aromatic heterocycles. The molecule has 0 fully saturated rings. The summed E-state index contributed by atoms with van der Waals surface area (Å²) >= 11 is 0. The summed E-state index contributed by atoms with van der Waals surface area (Å²) in [5.41, 5.74) is 21.2. The van der Waals surface area contributed by atoms with Gasteiger partial charge in [-0.3, -0.25) is 4.98 Å². The predicted octanol–water partition coefficient (Wildman–Crippen LogP) is 7.50. The van der Waals surface area contributed by atoms with Gasteiger partial charge in [0.1, 0.15) is 0 Å². The van der Waals surface area contributed by atoms with Crippen LogP contribution in [-0.2, 0) is 25.7 Å². The van der Waals surface area contributed by atoms with E-state index in [0.717, 1.165) is 25.7 Å². The van der Waals surface area contributed by atoms with Gasteiger partial charge in [0.25, 0.3) is 0 Å². The number of aromatic nitrogens is 1. The molecular formula is C33H22N2. The number of hydrogen-bond donors (Lipinski definition) is 0. The SMILES string of the molecule is c1ccc2c(c1)Cc1ccc3c(c1-2)Cc1cc2c4c(c1-3)Cc1ncccc1N4c1ccccc1C2. The number of benzene rings is 4. The van der Waals surface area contributed by atoms with Crippen LogP contribution < -0.4 is 4.90 Å². The summed E-state index contributed by atoms with van der Waals surface area (Å²) in [5, 5.41) is 0. The van der Waals surface area contributed by atoms with Crippen molar-refractivity contribution in [1.29, 1.82) is 0 Å². The van der Waals surface area contributed by atoms with E-state index in [-0.39, 0.29) is 0 Å². The maximum atomic E-state index is 4.87. The second kappa shape index (κ2) is 6.28. The molecule has 9 rings (SSSR count). The van der Waals surface area contributed by atoms with Crippen molar-refractivity contribution in [3.05, 3.63) is 130 Å². The van der Waals surface area contributed by atoms with Crippen LogP contribution in [0.5, 0.6) is 0 Å². The fourth-order valence-corrected chi connectivity index (χ4v) is 7.22. The van der Waals surface area contributed by atoms with Gasteiger partial charge in [0.2, 0.25) is 0 Å². The van der Waals surface area contributed by atoms with Crippen molar-refractivity contribution in [2.75, 3.05) is 4.90 Å². The minimum atomic E-state index is 0.896. The quantitative estimate of drug-likeness (QED) is 0.240. The van der Waals surface area contributed by atoms with Crippen LogP contribution in [0.4, 0.5) is 17.1 Å². The van der Waals surface area contributed by atoms with E-state index in [1.54, 1.807) is 0 Å². The molecule has 5 aromatic rings. The van der Waals surface area contributed by atoms with E-state index in [9.17, 15) is 0 Å². The van der Waals surface area contributed by atoms with Gasteiger partial charge in [-0.15, -0.1) is 0 Å². The molecule has 0 saturated heterocycles. The number of anilines is 3. The molecule has 4 aliphatic rings. The Morgan fingerprint density at radius 2 is 1.34 bits per heavy atom. The van der Waals surface area contributed by atoms with Crippen molar-refractivity contribution in [3.8, 4) is 22.3 Å². The largest absolute Gasteiger partial charge is 0.308 e.